The first-order valence-electron chi connectivity index (χ1n) is 7.09. The summed E-state index contributed by atoms with van der Waals surface area (Å²) in [5.41, 5.74) is 0.333. The van der Waals surface area contributed by atoms with E-state index in [1.165, 1.54) is 6.07 Å². The molecule has 0 fully saturated rings. The molecule has 0 aliphatic carbocycles. The lowest BCUT2D eigenvalue weighted by Gasteiger charge is -2.28. The summed E-state index contributed by atoms with van der Waals surface area (Å²) < 4.78 is 0. The summed E-state index contributed by atoms with van der Waals surface area (Å²) >= 11 is 0. The Hall–Kier alpha value is -2.11. The van der Waals surface area contributed by atoms with Crippen LogP contribution in [-0.2, 0) is 0 Å². The average Bonchev–Trinajstić information content (AvgIpc) is 2.44. The number of nitrogens with zero attached hydrogens (tertiary/aromatic N) is 2. The second kappa shape index (κ2) is 7.06. The first-order chi connectivity index (χ1) is 9.81. The van der Waals surface area contributed by atoms with E-state index < -0.39 is 4.92 Å². The molecule has 0 bridgehead atoms. The molecule has 1 aromatic rings. The molecule has 1 atom stereocenters. The van der Waals surface area contributed by atoms with Crippen LogP contribution < -0.4 is 5.32 Å². The number of carbonyl (C=O) groups excluding carboxylic acids is 1. The first-order valence-corrected chi connectivity index (χ1v) is 7.09. The summed E-state index contributed by atoms with van der Waals surface area (Å²) in [7, 11) is 1.68. The zero-order chi connectivity index (χ0) is 16.2. The summed E-state index contributed by atoms with van der Waals surface area (Å²) in [6, 6.07) is 4.78. The van der Waals surface area contributed by atoms with Crippen molar-refractivity contribution >= 4 is 17.3 Å². The van der Waals surface area contributed by atoms with Crippen LogP contribution in [0.5, 0.6) is 0 Å². The van der Waals surface area contributed by atoms with Gasteiger partial charge in [-0.3, -0.25) is 14.9 Å². The van der Waals surface area contributed by atoms with Crippen LogP contribution in [0.1, 0.15) is 38.1 Å². The fourth-order valence-electron chi connectivity index (χ4n) is 2.07. The predicted octanol–water partition coefficient (Wildman–Crippen LogP) is 3.14. The number of amides is 1. The Kier molecular flexibility index (Phi) is 5.69. The molecule has 1 N–H and O–H groups in total. The van der Waals surface area contributed by atoms with Crippen molar-refractivity contribution in [2.45, 2.75) is 33.7 Å². The van der Waals surface area contributed by atoms with Gasteiger partial charge in [0.05, 0.1) is 4.92 Å². The highest BCUT2D eigenvalue weighted by atomic mass is 16.6. The Labute approximate surface area is 125 Å². The molecule has 1 aromatic carbocycles. The summed E-state index contributed by atoms with van der Waals surface area (Å²) in [4.78, 5) is 25.0. The fraction of sp³-hybridized carbons (Fsp3) is 0.533. The van der Waals surface area contributed by atoms with E-state index >= 15 is 0 Å². The van der Waals surface area contributed by atoms with Crippen LogP contribution in [0.25, 0.3) is 0 Å². The number of nitrogens with one attached hydrogen (secondary N) is 1. The standard InChI is InChI=1S/C15H23N3O3/c1-6-16-13-9-7-8-12(14(13)18(20)21)15(19)17(5)11(4)10(2)3/h7-11,16H,6H2,1-5H3. The number of carbonyl (C=O) groups is 1. The molecule has 0 radical (unpaired) electrons. The van der Waals surface area contributed by atoms with Gasteiger partial charge >= 0.3 is 5.69 Å². The second-order valence-corrected chi connectivity index (χ2v) is 5.39. The summed E-state index contributed by atoms with van der Waals surface area (Å²) in [5.74, 6) is -0.0578. The molecular weight excluding hydrogens is 270 g/mol. The van der Waals surface area contributed by atoms with Gasteiger partial charge in [0.25, 0.3) is 5.91 Å². The van der Waals surface area contributed by atoms with E-state index in [1.807, 2.05) is 27.7 Å². The first kappa shape index (κ1) is 16.9. The lowest BCUT2D eigenvalue weighted by atomic mass is 10.0. The summed E-state index contributed by atoms with van der Waals surface area (Å²) in [6.45, 7) is 8.36. The maximum atomic E-state index is 12.6. The van der Waals surface area contributed by atoms with Gasteiger partial charge in [-0.15, -0.1) is 0 Å². The highest BCUT2D eigenvalue weighted by Gasteiger charge is 2.28. The van der Waals surface area contributed by atoms with Crippen molar-refractivity contribution in [3.05, 3.63) is 33.9 Å². The number of rotatable bonds is 6. The van der Waals surface area contributed by atoms with Gasteiger partial charge in [-0.1, -0.05) is 19.9 Å². The van der Waals surface area contributed by atoms with E-state index in [2.05, 4.69) is 5.32 Å². The lowest BCUT2D eigenvalue weighted by Crippen LogP contribution is -2.38. The zero-order valence-electron chi connectivity index (χ0n) is 13.2. The average molecular weight is 293 g/mol. The molecule has 0 saturated carbocycles. The van der Waals surface area contributed by atoms with E-state index in [1.54, 1.807) is 24.1 Å². The Morgan fingerprint density at radius 3 is 2.48 bits per heavy atom. The molecule has 0 heterocycles. The highest BCUT2D eigenvalue weighted by Crippen LogP contribution is 2.30. The van der Waals surface area contributed by atoms with Gasteiger partial charge in [0, 0.05) is 19.6 Å². The van der Waals surface area contributed by atoms with Crippen LogP contribution in [0.3, 0.4) is 0 Å². The molecule has 0 aromatic heterocycles. The molecule has 1 amide bonds. The largest absolute Gasteiger partial charge is 0.380 e. The predicted molar refractivity (Wildman–Crippen MR) is 83.7 cm³/mol. The van der Waals surface area contributed by atoms with Crippen LogP contribution in [0.2, 0.25) is 0 Å². The van der Waals surface area contributed by atoms with E-state index in [9.17, 15) is 14.9 Å². The third-order valence-electron chi connectivity index (χ3n) is 3.71. The smallest absolute Gasteiger partial charge is 0.305 e. The summed E-state index contributed by atoms with van der Waals surface area (Å²) in [5, 5.41) is 14.3. The van der Waals surface area contributed by atoms with Crippen molar-refractivity contribution in [1.29, 1.82) is 0 Å². The molecule has 21 heavy (non-hydrogen) atoms. The number of nitro benzene ring substituents is 1. The Bertz CT molecular complexity index is 529. The number of hydrogen-bond donors (Lipinski definition) is 1. The fourth-order valence-corrected chi connectivity index (χ4v) is 2.07. The quantitative estimate of drug-likeness (QED) is 0.645. The topological polar surface area (TPSA) is 75.5 Å². The molecular formula is C15H23N3O3. The maximum Gasteiger partial charge on any atom is 0.305 e. The number of para-hydroxylation sites is 1. The van der Waals surface area contributed by atoms with Gasteiger partial charge in [0.2, 0.25) is 0 Å². The molecule has 1 rings (SSSR count). The summed E-state index contributed by atoms with van der Waals surface area (Å²) in [6.07, 6.45) is 0. The van der Waals surface area contributed by atoms with Crippen molar-refractivity contribution in [3.63, 3.8) is 0 Å². The van der Waals surface area contributed by atoms with E-state index in [4.69, 9.17) is 0 Å². The molecule has 0 aliphatic rings. The molecule has 116 valence electrons. The van der Waals surface area contributed by atoms with Gasteiger partial charge in [-0.05, 0) is 31.9 Å². The van der Waals surface area contributed by atoms with Crippen LogP contribution >= 0.6 is 0 Å². The van der Waals surface area contributed by atoms with Gasteiger partial charge in [0.1, 0.15) is 11.3 Å². The number of anilines is 1. The third kappa shape index (κ3) is 3.71. The molecule has 1 unspecified atom stereocenters. The van der Waals surface area contributed by atoms with E-state index in [-0.39, 0.29) is 29.1 Å². The Morgan fingerprint density at radius 1 is 1.38 bits per heavy atom. The third-order valence-corrected chi connectivity index (χ3v) is 3.71. The molecule has 6 nitrogen and oxygen atoms in total. The minimum absolute atomic E-state index is 0.0000977. The van der Waals surface area contributed by atoms with Crippen LogP contribution in [0.15, 0.2) is 18.2 Å². The van der Waals surface area contributed by atoms with Crippen molar-refractivity contribution < 1.29 is 9.72 Å². The Balaban J connectivity index is 3.26. The number of benzene rings is 1. The maximum absolute atomic E-state index is 12.6. The van der Waals surface area contributed by atoms with Crippen LogP contribution in [0.4, 0.5) is 11.4 Å². The van der Waals surface area contributed by atoms with Gasteiger partial charge in [-0.2, -0.15) is 0 Å². The normalized spacial score (nSPS) is 12.1. The molecule has 0 aliphatic heterocycles. The minimum Gasteiger partial charge on any atom is -0.380 e. The molecule has 0 saturated heterocycles. The SMILES string of the molecule is CCNc1cccc(C(=O)N(C)C(C)C(C)C)c1[N+](=O)[O-]. The van der Waals surface area contributed by atoms with Crippen molar-refractivity contribution in [1.82, 2.24) is 4.90 Å². The van der Waals surface area contributed by atoms with Gasteiger partial charge in [0.15, 0.2) is 0 Å². The van der Waals surface area contributed by atoms with E-state index in [0.29, 0.717) is 12.2 Å². The van der Waals surface area contributed by atoms with Crippen molar-refractivity contribution in [2.24, 2.45) is 5.92 Å². The Morgan fingerprint density at radius 2 is 2.00 bits per heavy atom. The monoisotopic (exact) mass is 293 g/mol. The lowest BCUT2D eigenvalue weighted by molar-refractivity contribution is -0.384. The van der Waals surface area contributed by atoms with Gasteiger partial charge in [-0.25, -0.2) is 0 Å². The molecule has 0 spiro atoms. The van der Waals surface area contributed by atoms with Crippen LogP contribution in [-0.4, -0.2) is 35.4 Å². The zero-order valence-corrected chi connectivity index (χ0v) is 13.2. The van der Waals surface area contributed by atoms with Crippen LogP contribution in [0, 0.1) is 16.0 Å². The van der Waals surface area contributed by atoms with Gasteiger partial charge < -0.3 is 10.2 Å². The van der Waals surface area contributed by atoms with Crippen molar-refractivity contribution in [3.8, 4) is 0 Å². The number of nitro groups is 1. The molecule has 6 heteroatoms. The second-order valence-electron chi connectivity index (χ2n) is 5.39. The number of hydrogen-bond acceptors (Lipinski definition) is 4. The van der Waals surface area contributed by atoms with E-state index in [0.717, 1.165) is 0 Å². The van der Waals surface area contributed by atoms with Crippen molar-refractivity contribution in [2.75, 3.05) is 18.9 Å². The highest BCUT2D eigenvalue weighted by molar-refractivity contribution is 6.00. The minimum atomic E-state index is -0.501.